The molecular weight excluding hydrogens is 367 g/mol. The summed E-state index contributed by atoms with van der Waals surface area (Å²) in [6.45, 7) is 6.19. The third-order valence-corrected chi connectivity index (χ3v) is 4.77. The monoisotopic (exact) mass is 384 g/mol. The number of esters is 1. The molecule has 25 heavy (non-hydrogen) atoms. The van der Waals surface area contributed by atoms with Crippen LogP contribution in [0.2, 0.25) is 10.0 Å². The molecule has 0 saturated carbocycles. The van der Waals surface area contributed by atoms with Crippen LogP contribution in [0.25, 0.3) is 0 Å². The molecule has 2 aromatic rings. The summed E-state index contributed by atoms with van der Waals surface area (Å²) in [7, 11) is 1.63. The first-order valence-corrected chi connectivity index (χ1v) is 8.20. The summed E-state index contributed by atoms with van der Waals surface area (Å²) in [6, 6.07) is 1.64. The molecule has 1 heterocycles. The second-order valence-corrected chi connectivity index (χ2v) is 6.37. The Kier molecular flexibility index (Phi) is 5.75. The van der Waals surface area contributed by atoms with Crippen LogP contribution in [0.5, 0.6) is 5.88 Å². The Morgan fingerprint density at radius 2 is 1.84 bits per heavy atom. The van der Waals surface area contributed by atoms with Crippen LogP contribution in [0.3, 0.4) is 0 Å². The average molecular weight is 385 g/mol. The van der Waals surface area contributed by atoms with Crippen LogP contribution in [-0.2, 0) is 16.6 Å². The van der Waals surface area contributed by atoms with Crippen molar-refractivity contribution in [1.82, 2.24) is 9.78 Å². The lowest BCUT2D eigenvalue weighted by molar-refractivity contribution is -0.147. The molecule has 0 radical (unpaired) electrons. The molecule has 0 aliphatic rings. The lowest BCUT2D eigenvalue weighted by atomic mass is 9.99. The first kappa shape index (κ1) is 19.3. The minimum Gasteiger partial charge on any atom is -0.440 e. The van der Waals surface area contributed by atoms with Crippen molar-refractivity contribution >= 4 is 35.0 Å². The quantitative estimate of drug-likeness (QED) is 0.445. The number of carbonyl (C=O) groups excluding carboxylic acids is 2. The summed E-state index contributed by atoms with van der Waals surface area (Å²) in [5, 5.41) is 5.02. The number of hydrogen-bond acceptors (Lipinski definition) is 5. The highest BCUT2D eigenvalue weighted by molar-refractivity contribution is 6.39. The van der Waals surface area contributed by atoms with Gasteiger partial charge in [-0.15, -0.1) is 0 Å². The van der Waals surface area contributed by atoms with E-state index in [-0.39, 0.29) is 29.0 Å². The smallest absolute Gasteiger partial charge is 0.305 e. The van der Waals surface area contributed by atoms with Crippen molar-refractivity contribution in [2.45, 2.75) is 27.7 Å². The number of nitrogens with zero attached hydrogens (tertiary/aromatic N) is 2. The van der Waals surface area contributed by atoms with Gasteiger partial charge in [0.15, 0.2) is 0 Å². The molecule has 0 spiro atoms. The molecule has 0 saturated heterocycles. The largest absolute Gasteiger partial charge is 0.440 e. The number of hydrogen-bond donors (Lipinski definition) is 0. The normalized spacial score (nSPS) is 10.7. The van der Waals surface area contributed by atoms with E-state index < -0.39 is 5.97 Å². The van der Waals surface area contributed by atoms with E-state index in [9.17, 15) is 9.59 Å². The maximum atomic E-state index is 13.1. The van der Waals surface area contributed by atoms with Crippen LogP contribution < -0.4 is 4.74 Å². The van der Waals surface area contributed by atoms with Crippen molar-refractivity contribution < 1.29 is 19.1 Å². The van der Waals surface area contributed by atoms with E-state index in [1.165, 1.54) is 11.6 Å². The Bertz CT molecular complexity index is 859. The summed E-state index contributed by atoms with van der Waals surface area (Å²) >= 11 is 12.5. The maximum Gasteiger partial charge on any atom is 0.305 e. The number of aryl methyl sites for hydroxylation is 3. The number of halogens is 2. The molecule has 1 aromatic heterocycles. The first-order chi connectivity index (χ1) is 11.6. The molecule has 1 aromatic carbocycles. The fraction of sp³-hybridized carbons (Fsp3) is 0.353. The van der Waals surface area contributed by atoms with Gasteiger partial charge in [-0.05, 0) is 38.0 Å². The second-order valence-electron chi connectivity index (χ2n) is 5.61. The predicted molar refractivity (Wildman–Crippen MR) is 94.6 cm³/mol. The van der Waals surface area contributed by atoms with Gasteiger partial charge in [0.2, 0.25) is 18.5 Å². The standard InChI is InChI=1S/C17H18Cl2N2O4/c1-8-6-12(15(19)9(2)14(8)18)16(23)13-10(3)20-21(5)17(13)25-7-24-11(4)22/h6H,7H2,1-5H3. The third-order valence-electron chi connectivity index (χ3n) is 3.70. The summed E-state index contributed by atoms with van der Waals surface area (Å²) in [5.41, 5.74) is 2.44. The number of benzene rings is 1. The van der Waals surface area contributed by atoms with Gasteiger partial charge >= 0.3 is 5.97 Å². The molecule has 0 bridgehead atoms. The SMILES string of the molecule is CC(=O)OCOc1c(C(=O)c2cc(C)c(Cl)c(C)c2Cl)c(C)nn1C. The molecule has 0 aliphatic carbocycles. The Morgan fingerprint density at radius 3 is 2.44 bits per heavy atom. The van der Waals surface area contributed by atoms with Crippen LogP contribution in [0.15, 0.2) is 6.07 Å². The Balaban J connectivity index is 2.48. The van der Waals surface area contributed by atoms with Gasteiger partial charge in [-0.3, -0.25) is 9.59 Å². The van der Waals surface area contributed by atoms with Crippen molar-refractivity contribution in [3.63, 3.8) is 0 Å². The molecule has 0 fully saturated rings. The molecule has 0 N–H and O–H groups in total. The molecular formula is C17H18Cl2N2O4. The van der Waals surface area contributed by atoms with E-state index >= 15 is 0 Å². The van der Waals surface area contributed by atoms with Crippen LogP contribution >= 0.6 is 23.2 Å². The fourth-order valence-corrected chi connectivity index (χ4v) is 2.90. The van der Waals surface area contributed by atoms with E-state index in [0.717, 1.165) is 5.56 Å². The average Bonchev–Trinajstić information content (AvgIpc) is 2.82. The van der Waals surface area contributed by atoms with Crippen molar-refractivity contribution in [2.75, 3.05) is 6.79 Å². The lowest BCUT2D eigenvalue weighted by Crippen LogP contribution is -2.12. The Hall–Kier alpha value is -2.05. The van der Waals surface area contributed by atoms with Crippen LogP contribution in [0, 0.1) is 20.8 Å². The second kappa shape index (κ2) is 7.45. The van der Waals surface area contributed by atoms with E-state index in [0.29, 0.717) is 21.8 Å². The number of ether oxygens (including phenoxy) is 2. The van der Waals surface area contributed by atoms with Crippen molar-refractivity contribution in [3.8, 4) is 5.88 Å². The molecule has 0 amide bonds. The number of ketones is 1. The van der Waals surface area contributed by atoms with Gasteiger partial charge in [0.05, 0.1) is 10.7 Å². The zero-order valence-corrected chi connectivity index (χ0v) is 16.1. The van der Waals surface area contributed by atoms with Crippen LogP contribution in [-0.4, -0.2) is 28.3 Å². The molecule has 2 rings (SSSR count). The molecule has 0 aliphatic heterocycles. The van der Waals surface area contributed by atoms with Gasteiger partial charge in [-0.25, -0.2) is 4.68 Å². The number of aromatic nitrogens is 2. The van der Waals surface area contributed by atoms with E-state index in [1.54, 1.807) is 33.9 Å². The highest BCUT2D eigenvalue weighted by Gasteiger charge is 2.26. The minimum absolute atomic E-state index is 0.199. The van der Waals surface area contributed by atoms with E-state index in [2.05, 4.69) is 5.10 Å². The van der Waals surface area contributed by atoms with Gasteiger partial charge in [0, 0.05) is 24.6 Å². The molecule has 0 atom stereocenters. The van der Waals surface area contributed by atoms with Gasteiger partial charge in [0.25, 0.3) is 0 Å². The molecule has 8 heteroatoms. The minimum atomic E-state index is -0.487. The van der Waals surface area contributed by atoms with Crippen molar-refractivity contribution in [1.29, 1.82) is 0 Å². The van der Waals surface area contributed by atoms with Crippen LogP contribution in [0.4, 0.5) is 0 Å². The highest BCUT2D eigenvalue weighted by Crippen LogP contribution is 2.34. The number of carbonyl (C=O) groups is 2. The summed E-state index contributed by atoms with van der Waals surface area (Å²) < 4.78 is 11.6. The molecule has 134 valence electrons. The number of rotatable bonds is 5. The summed E-state index contributed by atoms with van der Waals surface area (Å²) in [5.74, 6) is -0.625. The zero-order valence-electron chi connectivity index (χ0n) is 14.6. The van der Waals surface area contributed by atoms with Crippen molar-refractivity contribution in [3.05, 3.63) is 44.1 Å². The Morgan fingerprint density at radius 1 is 1.20 bits per heavy atom. The maximum absolute atomic E-state index is 13.1. The topological polar surface area (TPSA) is 70.4 Å². The Labute approximate surface area is 155 Å². The summed E-state index contributed by atoms with van der Waals surface area (Å²) in [4.78, 5) is 24.0. The fourth-order valence-electron chi connectivity index (χ4n) is 2.47. The molecule has 6 nitrogen and oxygen atoms in total. The lowest BCUT2D eigenvalue weighted by Gasteiger charge is -2.12. The van der Waals surface area contributed by atoms with Gasteiger partial charge in [0.1, 0.15) is 5.56 Å². The van der Waals surface area contributed by atoms with E-state index in [4.69, 9.17) is 32.7 Å². The van der Waals surface area contributed by atoms with Gasteiger partial charge in [-0.1, -0.05) is 23.2 Å². The van der Waals surface area contributed by atoms with E-state index in [1.807, 2.05) is 0 Å². The molecule has 0 unspecified atom stereocenters. The highest BCUT2D eigenvalue weighted by atomic mass is 35.5. The first-order valence-electron chi connectivity index (χ1n) is 7.44. The van der Waals surface area contributed by atoms with Gasteiger partial charge in [-0.2, -0.15) is 5.10 Å². The zero-order chi connectivity index (χ0) is 18.9. The van der Waals surface area contributed by atoms with Crippen molar-refractivity contribution in [2.24, 2.45) is 7.05 Å². The summed E-state index contributed by atoms with van der Waals surface area (Å²) in [6.07, 6.45) is 0. The predicted octanol–water partition coefficient (Wildman–Crippen LogP) is 3.78. The third kappa shape index (κ3) is 3.80. The van der Waals surface area contributed by atoms with Gasteiger partial charge < -0.3 is 9.47 Å². The van der Waals surface area contributed by atoms with Crippen LogP contribution in [0.1, 0.15) is 39.7 Å².